The molecule has 0 fully saturated rings. The number of hydrogen-bond donors (Lipinski definition) is 0. The van der Waals surface area contributed by atoms with Crippen molar-refractivity contribution in [3.05, 3.63) is 0 Å². The lowest BCUT2D eigenvalue weighted by Gasteiger charge is -2.18. The van der Waals surface area contributed by atoms with Crippen molar-refractivity contribution < 1.29 is 57.0 Å². The summed E-state index contributed by atoms with van der Waals surface area (Å²) in [4.78, 5) is 23.9. The van der Waals surface area contributed by atoms with Gasteiger partial charge in [-0.1, -0.05) is 53.4 Å². The van der Waals surface area contributed by atoms with Crippen molar-refractivity contribution in [3.8, 4) is 0 Å². The maximum atomic E-state index is 11.9. The van der Waals surface area contributed by atoms with Crippen LogP contribution in [0.15, 0.2) is 0 Å². The fourth-order valence-electron chi connectivity index (χ4n) is 3.65. The summed E-state index contributed by atoms with van der Waals surface area (Å²) in [5, 5.41) is 0. The lowest BCUT2D eigenvalue weighted by Crippen LogP contribution is -2.26. The number of carbonyl (C=O) groups is 2. The first kappa shape index (κ1) is 44.6. The van der Waals surface area contributed by atoms with E-state index >= 15 is 0 Å². The zero-order chi connectivity index (χ0) is 33.8. The first-order valence-corrected chi connectivity index (χ1v) is 17.7. The molecule has 0 aromatic carbocycles. The van der Waals surface area contributed by atoms with Gasteiger partial charge in [0.2, 0.25) is 0 Å². The monoisotopic (exact) mass is 666 g/mol. The topological polar surface area (TPSA) is 126 Å². The predicted molar refractivity (Wildman–Crippen MR) is 175 cm³/mol. The van der Waals surface area contributed by atoms with Gasteiger partial charge in [0, 0.05) is 39.3 Å². The molecule has 0 rings (SSSR count). The Kier molecular flexibility index (Phi) is 35.4. The fourth-order valence-corrected chi connectivity index (χ4v) is 3.65. The van der Waals surface area contributed by atoms with Gasteiger partial charge in [-0.05, 0) is 38.5 Å². The molecule has 46 heavy (non-hydrogen) atoms. The van der Waals surface area contributed by atoms with E-state index in [0.29, 0.717) is 78.9 Å². The van der Waals surface area contributed by atoms with E-state index in [1.165, 1.54) is 0 Å². The van der Waals surface area contributed by atoms with E-state index in [1.807, 2.05) is 0 Å². The van der Waals surface area contributed by atoms with E-state index in [-0.39, 0.29) is 51.2 Å². The Bertz CT molecular complexity index is 598. The van der Waals surface area contributed by atoms with Crippen LogP contribution < -0.4 is 0 Å². The minimum atomic E-state index is -0.407. The van der Waals surface area contributed by atoms with E-state index < -0.39 is 12.6 Å². The van der Waals surface area contributed by atoms with Crippen LogP contribution in [0.1, 0.15) is 105 Å². The van der Waals surface area contributed by atoms with Gasteiger partial charge < -0.3 is 47.4 Å². The van der Waals surface area contributed by atoms with E-state index in [9.17, 15) is 9.59 Å². The average molecular weight is 667 g/mol. The molecular weight excluding hydrogens is 600 g/mol. The largest absolute Gasteiger partial charge is 0.463 e. The van der Waals surface area contributed by atoms with Crippen molar-refractivity contribution in [2.45, 2.75) is 117 Å². The lowest BCUT2D eigenvalue weighted by atomic mass is 10.2. The number of hydrogen-bond acceptors (Lipinski definition) is 12. The molecule has 274 valence electrons. The minimum absolute atomic E-state index is 0.168. The van der Waals surface area contributed by atoms with Crippen LogP contribution in [0.3, 0.4) is 0 Å². The van der Waals surface area contributed by atoms with E-state index in [1.54, 1.807) is 0 Å². The van der Waals surface area contributed by atoms with Crippen LogP contribution in [0.25, 0.3) is 0 Å². The highest BCUT2D eigenvalue weighted by Gasteiger charge is 2.11. The van der Waals surface area contributed by atoms with Crippen molar-refractivity contribution >= 4 is 11.9 Å². The molecule has 12 heteroatoms. The number of esters is 2. The molecule has 0 saturated carbocycles. The SMILES string of the molecule is CCCCOCC(OCCCC)OCCOCCOC(=O)CCCCC(=O)OCCOCCOC(COCCCC)OCCCC. The summed E-state index contributed by atoms with van der Waals surface area (Å²) in [7, 11) is 0. The summed E-state index contributed by atoms with van der Waals surface area (Å²) < 4.78 is 55.5. The maximum Gasteiger partial charge on any atom is 0.305 e. The summed E-state index contributed by atoms with van der Waals surface area (Å²) in [6, 6.07) is 0. The van der Waals surface area contributed by atoms with E-state index in [2.05, 4.69) is 27.7 Å². The summed E-state index contributed by atoms with van der Waals surface area (Å²) in [6.45, 7) is 14.3. The molecule has 0 heterocycles. The number of unbranched alkanes of at least 4 members (excludes halogenated alkanes) is 5. The third-order valence-corrected chi connectivity index (χ3v) is 6.45. The molecule has 0 saturated heterocycles. The van der Waals surface area contributed by atoms with Gasteiger partial charge in [0.05, 0.1) is 52.9 Å². The second-order valence-corrected chi connectivity index (χ2v) is 10.8. The van der Waals surface area contributed by atoms with Gasteiger partial charge in [-0.2, -0.15) is 0 Å². The third-order valence-electron chi connectivity index (χ3n) is 6.45. The number of rotatable bonds is 37. The molecule has 0 spiro atoms. The maximum absolute atomic E-state index is 11.9. The van der Waals surface area contributed by atoms with E-state index in [0.717, 1.165) is 51.4 Å². The second kappa shape index (κ2) is 36.5. The summed E-state index contributed by atoms with van der Waals surface area (Å²) >= 11 is 0. The Morgan fingerprint density at radius 3 is 1.13 bits per heavy atom. The molecule has 0 radical (unpaired) electrons. The van der Waals surface area contributed by atoms with Crippen molar-refractivity contribution in [2.24, 2.45) is 0 Å². The molecule has 0 amide bonds. The van der Waals surface area contributed by atoms with Crippen LogP contribution in [0.5, 0.6) is 0 Å². The average Bonchev–Trinajstić information content (AvgIpc) is 3.05. The Hall–Kier alpha value is -1.38. The van der Waals surface area contributed by atoms with Crippen LogP contribution in [-0.2, 0) is 57.0 Å². The normalized spacial score (nSPS) is 12.7. The van der Waals surface area contributed by atoms with Gasteiger partial charge in [-0.3, -0.25) is 9.59 Å². The number of ether oxygens (including phenoxy) is 10. The predicted octanol–water partition coefficient (Wildman–Crippen LogP) is 5.62. The molecule has 0 N–H and O–H groups in total. The Morgan fingerprint density at radius 2 is 0.739 bits per heavy atom. The van der Waals surface area contributed by atoms with Crippen LogP contribution in [0, 0.1) is 0 Å². The molecule has 0 aliphatic heterocycles. The van der Waals surface area contributed by atoms with Crippen molar-refractivity contribution in [2.75, 3.05) is 92.5 Å². The first-order valence-electron chi connectivity index (χ1n) is 17.7. The van der Waals surface area contributed by atoms with Crippen LogP contribution >= 0.6 is 0 Å². The van der Waals surface area contributed by atoms with Crippen molar-refractivity contribution in [3.63, 3.8) is 0 Å². The van der Waals surface area contributed by atoms with Crippen molar-refractivity contribution in [1.29, 1.82) is 0 Å². The van der Waals surface area contributed by atoms with Crippen LogP contribution in [0.4, 0.5) is 0 Å². The highest BCUT2D eigenvalue weighted by molar-refractivity contribution is 5.70. The molecule has 0 bridgehead atoms. The molecule has 12 nitrogen and oxygen atoms in total. The molecule has 2 atom stereocenters. The number of carbonyl (C=O) groups excluding carboxylic acids is 2. The van der Waals surface area contributed by atoms with Gasteiger partial charge in [0.1, 0.15) is 13.2 Å². The van der Waals surface area contributed by atoms with Gasteiger partial charge in [-0.15, -0.1) is 0 Å². The molecule has 0 aromatic heterocycles. The van der Waals surface area contributed by atoms with Gasteiger partial charge in [0.15, 0.2) is 12.6 Å². The molecule has 0 aliphatic carbocycles. The molecule has 0 aromatic rings. The van der Waals surface area contributed by atoms with Crippen LogP contribution in [0.2, 0.25) is 0 Å². The smallest absolute Gasteiger partial charge is 0.305 e. The Morgan fingerprint density at radius 1 is 0.391 bits per heavy atom. The van der Waals surface area contributed by atoms with E-state index in [4.69, 9.17) is 47.4 Å². The summed E-state index contributed by atoms with van der Waals surface area (Å²) in [5.74, 6) is -0.633. The zero-order valence-corrected chi connectivity index (χ0v) is 29.4. The highest BCUT2D eigenvalue weighted by atomic mass is 16.7. The summed E-state index contributed by atoms with van der Waals surface area (Å²) in [5.41, 5.74) is 0. The second-order valence-electron chi connectivity index (χ2n) is 10.8. The quantitative estimate of drug-likeness (QED) is 0.0464. The minimum Gasteiger partial charge on any atom is -0.463 e. The van der Waals surface area contributed by atoms with Gasteiger partial charge in [-0.25, -0.2) is 0 Å². The summed E-state index contributed by atoms with van der Waals surface area (Å²) in [6.07, 6.45) is 8.98. The highest BCUT2D eigenvalue weighted by Crippen LogP contribution is 2.05. The fraction of sp³-hybridized carbons (Fsp3) is 0.941. The molecule has 2 unspecified atom stereocenters. The molecule has 0 aliphatic rings. The molecular formula is C34H66O12. The first-order chi connectivity index (χ1) is 22.6. The Balaban J connectivity index is 3.73. The lowest BCUT2D eigenvalue weighted by molar-refractivity contribution is -0.179. The van der Waals surface area contributed by atoms with Gasteiger partial charge in [0.25, 0.3) is 0 Å². The van der Waals surface area contributed by atoms with Crippen molar-refractivity contribution in [1.82, 2.24) is 0 Å². The standard InChI is InChI=1S/C34H66O12/c1-5-9-17-39-29-33(43-19-11-7-3)45-27-23-37-21-25-41-31(35)15-13-14-16-32(36)42-26-22-38-24-28-46-34(44-20-12-8-4)30-40-18-10-6-2/h33-34H,5-30H2,1-4H3. The van der Waals surface area contributed by atoms with Crippen LogP contribution in [-0.4, -0.2) is 117 Å². The zero-order valence-electron chi connectivity index (χ0n) is 29.4. The Labute approximate surface area is 278 Å². The third kappa shape index (κ3) is 32.6. The van der Waals surface area contributed by atoms with Gasteiger partial charge >= 0.3 is 11.9 Å².